The van der Waals surface area contributed by atoms with Crippen molar-refractivity contribution in [3.05, 3.63) is 34.9 Å². The molecule has 1 saturated heterocycles. The maximum absolute atomic E-state index is 12.9. The Kier molecular flexibility index (Phi) is 5.42. The fourth-order valence-electron chi connectivity index (χ4n) is 4.11. The molecule has 128 valence electrons. The summed E-state index contributed by atoms with van der Waals surface area (Å²) >= 11 is 0. The summed E-state index contributed by atoms with van der Waals surface area (Å²) in [6.07, 6.45) is 3.42. The van der Waals surface area contributed by atoms with Gasteiger partial charge in [0.2, 0.25) is 5.91 Å². The van der Waals surface area contributed by atoms with Crippen molar-refractivity contribution >= 4 is 18.3 Å². The molecule has 0 bridgehead atoms. The van der Waals surface area contributed by atoms with Crippen LogP contribution in [0.2, 0.25) is 0 Å². The van der Waals surface area contributed by atoms with Crippen molar-refractivity contribution in [3.8, 4) is 0 Å². The van der Waals surface area contributed by atoms with Gasteiger partial charge in [-0.3, -0.25) is 4.79 Å². The fourth-order valence-corrected chi connectivity index (χ4v) is 4.11. The molecule has 1 saturated carbocycles. The maximum Gasteiger partial charge on any atom is 0.226 e. The van der Waals surface area contributed by atoms with Crippen LogP contribution in [0.4, 0.5) is 0 Å². The van der Waals surface area contributed by atoms with Crippen LogP contribution >= 0.6 is 12.4 Å². The highest BCUT2D eigenvalue weighted by molar-refractivity contribution is 5.85. The lowest BCUT2D eigenvalue weighted by atomic mass is 9.91. The van der Waals surface area contributed by atoms with Crippen molar-refractivity contribution in [1.82, 2.24) is 10.2 Å². The van der Waals surface area contributed by atoms with Crippen molar-refractivity contribution < 1.29 is 4.79 Å². The lowest BCUT2D eigenvalue weighted by Gasteiger charge is -2.29. The first kappa shape index (κ1) is 18.3. The third-order valence-corrected chi connectivity index (χ3v) is 5.89. The zero-order valence-electron chi connectivity index (χ0n) is 14.7. The van der Waals surface area contributed by atoms with Gasteiger partial charge in [-0.1, -0.05) is 23.8 Å². The van der Waals surface area contributed by atoms with Crippen LogP contribution in [0.1, 0.15) is 48.9 Å². The molecular formula is C19H29ClN2O. The molecule has 2 aliphatic rings. The number of nitrogens with zero attached hydrogens (tertiary/aromatic N) is 1. The third-order valence-electron chi connectivity index (χ3n) is 5.89. The van der Waals surface area contributed by atoms with E-state index in [0.717, 1.165) is 32.4 Å². The number of nitrogens with one attached hydrogen (secondary N) is 1. The Morgan fingerprint density at radius 3 is 2.57 bits per heavy atom. The van der Waals surface area contributed by atoms with Gasteiger partial charge in [0.05, 0.1) is 6.04 Å². The molecule has 1 aromatic carbocycles. The Balaban J connectivity index is 0.00000192. The fraction of sp³-hybridized carbons (Fsp3) is 0.632. The van der Waals surface area contributed by atoms with E-state index in [0.29, 0.717) is 11.3 Å². The molecule has 4 heteroatoms. The van der Waals surface area contributed by atoms with E-state index < -0.39 is 0 Å². The van der Waals surface area contributed by atoms with Gasteiger partial charge in [0.25, 0.3) is 0 Å². The van der Waals surface area contributed by atoms with E-state index in [2.05, 4.69) is 44.3 Å². The van der Waals surface area contributed by atoms with Crippen molar-refractivity contribution in [2.75, 3.05) is 20.1 Å². The van der Waals surface area contributed by atoms with Crippen molar-refractivity contribution in [3.63, 3.8) is 0 Å². The van der Waals surface area contributed by atoms with Crippen molar-refractivity contribution in [2.45, 2.75) is 46.1 Å². The Bertz CT molecular complexity index is 581. The molecular weight excluding hydrogens is 308 g/mol. The molecule has 1 heterocycles. The van der Waals surface area contributed by atoms with Gasteiger partial charge in [0, 0.05) is 13.0 Å². The van der Waals surface area contributed by atoms with E-state index in [9.17, 15) is 4.79 Å². The Labute approximate surface area is 146 Å². The van der Waals surface area contributed by atoms with E-state index in [1.165, 1.54) is 16.7 Å². The van der Waals surface area contributed by atoms with Crippen LogP contribution in [0, 0.1) is 25.2 Å². The van der Waals surface area contributed by atoms with Crippen molar-refractivity contribution in [1.29, 1.82) is 0 Å². The third kappa shape index (κ3) is 3.41. The van der Waals surface area contributed by atoms with Gasteiger partial charge in [0.15, 0.2) is 0 Å². The number of hydrogen-bond acceptors (Lipinski definition) is 2. The van der Waals surface area contributed by atoms with Crippen LogP contribution in [0.15, 0.2) is 18.2 Å². The molecule has 1 aliphatic carbocycles. The zero-order chi connectivity index (χ0) is 15.9. The Morgan fingerprint density at radius 1 is 1.30 bits per heavy atom. The molecule has 3 rings (SSSR count). The standard InChI is InChI=1S/C19H28N2O.ClH/c1-13-5-6-16(14(2)11-13)15(3)21(4)18(22)17-12-19(17)7-9-20-10-8-19;/h5-6,11,15,17,20H,7-10,12H2,1-4H3;1H. The normalized spacial score (nSPS) is 23.0. The summed E-state index contributed by atoms with van der Waals surface area (Å²) in [4.78, 5) is 14.8. The second-order valence-corrected chi connectivity index (χ2v) is 7.35. The second kappa shape index (κ2) is 6.82. The summed E-state index contributed by atoms with van der Waals surface area (Å²) in [5.74, 6) is 0.599. The van der Waals surface area contributed by atoms with E-state index in [-0.39, 0.29) is 24.4 Å². The first-order chi connectivity index (χ1) is 10.4. The van der Waals surface area contributed by atoms with E-state index >= 15 is 0 Å². The molecule has 1 N–H and O–H groups in total. The van der Waals surface area contributed by atoms with E-state index in [1.54, 1.807) is 0 Å². The average molecular weight is 337 g/mol. The quantitative estimate of drug-likeness (QED) is 0.914. The van der Waals surface area contributed by atoms with Crippen molar-refractivity contribution in [2.24, 2.45) is 11.3 Å². The number of carbonyl (C=O) groups excluding carboxylic acids is 1. The van der Waals surface area contributed by atoms with Gasteiger partial charge >= 0.3 is 0 Å². The highest BCUT2D eigenvalue weighted by Gasteiger charge is 2.58. The van der Waals surface area contributed by atoms with E-state index in [4.69, 9.17) is 0 Å². The molecule has 3 nitrogen and oxygen atoms in total. The molecule has 2 fully saturated rings. The van der Waals surface area contributed by atoms with Crippen LogP contribution in [-0.2, 0) is 4.79 Å². The van der Waals surface area contributed by atoms with Crippen LogP contribution < -0.4 is 5.32 Å². The molecule has 2 unspecified atom stereocenters. The van der Waals surface area contributed by atoms with Gasteiger partial charge in [-0.2, -0.15) is 0 Å². The number of carbonyl (C=O) groups is 1. The van der Waals surface area contributed by atoms with Crippen LogP contribution in [0.3, 0.4) is 0 Å². The minimum Gasteiger partial charge on any atom is -0.339 e. The summed E-state index contributed by atoms with van der Waals surface area (Å²) in [6.45, 7) is 8.54. The van der Waals surface area contributed by atoms with Gasteiger partial charge in [-0.05, 0) is 69.7 Å². The van der Waals surface area contributed by atoms with Crippen LogP contribution in [-0.4, -0.2) is 30.9 Å². The molecule has 23 heavy (non-hydrogen) atoms. The molecule has 2 atom stereocenters. The van der Waals surface area contributed by atoms with Crippen LogP contribution in [0.5, 0.6) is 0 Å². The summed E-state index contributed by atoms with van der Waals surface area (Å²) in [7, 11) is 1.97. The maximum atomic E-state index is 12.9. The minimum atomic E-state index is 0. The molecule has 0 radical (unpaired) electrons. The summed E-state index contributed by atoms with van der Waals surface area (Å²) in [5, 5.41) is 3.41. The second-order valence-electron chi connectivity index (χ2n) is 7.35. The van der Waals surface area contributed by atoms with Gasteiger partial charge in [0.1, 0.15) is 0 Å². The predicted octanol–water partition coefficient (Wildman–Crippen LogP) is 3.63. The molecule has 1 amide bonds. The number of benzene rings is 1. The van der Waals surface area contributed by atoms with Crippen LogP contribution in [0.25, 0.3) is 0 Å². The molecule has 1 aromatic rings. The Morgan fingerprint density at radius 2 is 1.96 bits per heavy atom. The highest BCUT2D eigenvalue weighted by Crippen LogP contribution is 2.59. The number of rotatable bonds is 3. The topological polar surface area (TPSA) is 32.3 Å². The number of piperidine rings is 1. The first-order valence-corrected chi connectivity index (χ1v) is 8.49. The van der Waals surface area contributed by atoms with Gasteiger partial charge in [-0.15, -0.1) is 12.4 Å². The number of halogens is 1. The molecule has 0 aromatic heterocycles. The largest absolute Gasteiger partial charge is 0.339 e. The SMILES string of the molecule is Cc1ccc(C(C)N(C)C(=O)C2CC23CCNCC3)c(C)c1.Cl. The van der Waals surface area contributed by atoms with E-state index in [1.807, 2.05) is 11.9 Å². The number of amides is 1. The summed E-state index contributed by atoms with van der Waals surface area (Å²) in [5.41, 5.74) is 4.14. The lowest BCUT2D eigenvalue weighted by molar-refractivity contribution is -0.134. The zero-order valence-corrected chi connectivity index (χ0v) is 15.5. The molecule has 1 spiro atoms. The first-order valence-electron chi connectivity index (χ1n) is 8.49. The minimum absolute atomic E-state index is 0. The number of aryl methyl sites for hydroxylation is 2. The smallest absolute Gasteiger partial charge is 0.226 e. The predicted molar refractivity (Wildman–Crippen MR) is 97.0 cm³/mol. The highest BCUT2D eigenvalue weighted by atomic mass is 35.5. The number of hydrogen-bond donors (Lipinski definition) is 1. The lowest BCUT2D eigenvalue weighted by Crippen LogP contribution is -2.36. The monoisotopic (exact) mass is 336 g/mol. The average Bonchev–Trinajstić information content (AvgIpc) is 3.19. The summed E-state index contributed by atoms with van der Waals surface area (Å²) < 4.78 is 0. The van der Waals surface area contributed by atoms with Gasteiger partial charge in [-0.25, -0.2) is 0 Å². The van der Waals surface area contributed by atoms with Gasteiger partial charge < -0.3 is 10.2 Å². The Hall–Kier alpha value is -1.06. The molecule has 1 aliphatic heterocycles. The summed E-state index contributed by atoms with van der Waals surface area (Å²) in [6, 6.07) is 6.66.